The molecule has 0 saturated carbocycles. The number of aromatic nitrogens is 2. The van der Waals surface area contributed by atoms with Gasteiger partial charge in [0.25, 0.3) is 0 Å². The molecule has 0 atom stereocenters. The van der Waals surface area contributed by atoms with Crippen molar-refractivity contribution in [1.82, 2.24) is 9.94 Å². The van der Waals surface area contributed by atoms with Crippen LogP contribution in [0.5, 0.6) is 0 Å². The molecule has 0 aliphatic rings. The number of carbonyl (C=O) groups is 1. The number of halogens is 1. The average molecular weight is 144 g/mol. The van der Waals surface area contributed by atoms with Crippen molar-refractivity contribution < 1.29 is 14.0 Å². The first-order chi connectivity index (χ1) is 4.75. The quantitative estimate of drug-likeness (QED) is 0.545. The second kappa shape index (κ2) is 2.47. The van der Waals surface area contributed by atoms with Gasteiger partial charge in [0.05, 0.1) is 6.20 Å². The minimum atomic E-state index is -0.498. The maximum atomic E-state index is 12.4. The Hall–Kier alpha value is -1.39. The van der Waals surface area contributed by atoms with E-state index < -0.39 is 5.82 Å². The third-order valence-corrected chi connectivity index (χ3v) is 1.05. The molecular formula is C5H5FN2O2. The molecule has 0 fully saturated rings. The summed E-state index contributed by atoms with van der Waals surface area (Å²) in [6.07, 6.45) is 0.971. The number of rotatable bonds is 2. The highest BCUT2D eigenvalue weighted by atomic mass is 19.1. The predicted molar refractivity (Wildman–Crippen MR) is 29.6 cm³/mol. The van der Waals surface area contributed by atoms with Crippen molar-refractivity contribution in [1.29, 1.82) is 0 Å². The third kappa shape index (κ3) is 0.975. The van der Waals surface area contributed by atoms with Crippen LogP contribution in [0, 0.1) is 12.7 Å². The molecule has 0 spiro atoms. The molecule has 1 heterocycles. The van der Waals surface area contributed by atoms with Crippen LogP contribution in [-0.2, 0) is 4.79 Å². The van der Waals surface area contributed by atoms with Crippen molar-refractivity contribution in [2.45, 2.75) is 6.92 Å². The first kappa shape index (κ1) is 6.73. The Balaban J connectivity index is 2.93. The van der Waals surface area contributed by atoms with Crippen LogP contribution in [0.4, 0.5) is 4.39 Å². The molecule has 1 aromatic heterocycles. The maximum absolute atomic E-state index is 12.4. The van der Waals surface area contributed by atoms with Gasteiger partial charge in [-0.15, -0.1) is 5.10 Å². The Morgan fingerprint density at radius 2 is 2.60 bits per heavy atom. The largest absolute Gasteiger partial charge is 0.323 e. The molecule has 0 saturated heterocycles. The van der Waals surface area contributed by atoms with E-state index in [1.807, 2.05) is 0 Å². The van der Waals surface area contributed by atoms with Gasteiger partial charge in [-0.05, 0) is 6.92 Å². The van der Waals surface area contributed by atoms with E-state index >= 15 is 0 Å². The van der Waals surface area contributed by atoms with Gasteiger partial charge in [-0.25, -0.2) is 4.39 Å². The summed E-state index contributed by atoms with van der Waals surface area (Å²) in [6.45, 7) is 1.63. The van der Waals surface area contributed by atoms with E-state index in [-0.39, 0.29) is 12.2 Å². The first-order valence-electron chi connectivity index (χ1n) is 2.56. The van der Waals surface area contributed by atoms with Gasteiger partial charge in [0.1, 0.15) is 5.69 Å². The lowest BCUT2D eigenvalue weighted by Crippen LogP contribution is -2.12. The standard InChI is InChI=1S/C5H5FN2O2/c1-4-5(6)2-7-8(4)10-3-9/h2-3H,1H3. The number of hydrogen-bond donors (Lipinski definition) is 0. The molecule has 0 radical (unpaired) electrons. The van der Waals surface area contributed by atoms with Crippen LogP contribution < -0.4 is 4.84 Å². The fraction of sp³-hybridized carbons (Fsp3) is 0.200. The van der Waals surface area contributed by atoms with Crippen LogP contribution >= 0.6 is 0 Å². The van der Waals surface area contributed by atoms with Gasteiger partial charge >= 0.3 is 6.47 Å². The van der Waals surface area contributed by atoms with Crippen LogP contribution in [0.3, 0.4) is 0 Å². The fourth-order valence-electron chi connectivity index (χ4n) is 0.522. The van der Waals surface area contributed by atoms with Crippen molar-refractivity contribution >= 4 is 6.47 Å². The second-order valence-electron chi connectivity index (χ2n) is 1.65. The predicted octanol–water partition coefficient (Wildman–Crippen LogP) is -0.0844. The summed E-state index contributed by atoms with van der Waals surface area (Å²) in [5, 5.41) is 3.39. The normalized spacial score (nSPS) is 9.40. The van der Waals surface area contributed by atoms with E-state index in [9.17, 15) is 9.18 Å². The second-order valence-corrected chi connectivity index (χ2v) is 1.65. The lowest BCUT2D eigenvalue weighted by Gasteiger charge is -1.95. The number of hydrogen-bond acceptors (Lipinski definition) is 3. The molecule has 5 heteroatoms. The van der Waals surface area contributed by atoms with Gasteiger partial charge in [0, 0.05) is 0 Å². The monoisotopic (exact) mass is 144 g/mol. The smallest absolute Gasteiger partial charge is 0.322 e. The third-order valence-electron chi connectivity index (χ3n) is 1.05. The zero-order valence-electron chi connectivity index (χ0n) is 5.24. The molecule has 0 aliphatic heterocycles. The zero-order chi connectivity index (χ0) is 7.56. The molecule has 10 heavy (non-hydrogen) atoms. The Morgan fingerprint density at radius 3 is 3.00 bits per heavy atom. The van der Waals surface area contributed by atoms with Crippen LogP contribution in [-0.4, -0.2) is 16.4 Å². The molecule has 0 N–H and O–H groups in total. The molecule has 1 aromatic rings. The SMILES string of the molecule is Cc1c(F)cnn1OC=O. The Kier molecular flexibility index (Phi) is 1.66. The fourth-order valence-corrected chi connectivity index (χ4v) is 0.522. The van der Waals surface area contributed by atoms with E-state index in [1.165, 1.54) is 6.92 Å². The molecule has 4 nitrogen and oxygen atoms in total. The Bertz CT molecular complexity index is 246. The van der Waals surface area contributed by atoms with Crippen LogP contribution in [0.2, 0.25) is 0 Å². The van der Waals surface area contributed by atoms with Crippen molar-refractivity contribution in [2.24, 2.45) is 0 Å². The molecule has 0 bridgehead atoms. The molecule has 0 aromatic carbocycles. The van der Waals surface area contributed by atoms with Crippen molar-refractivity contribution in [3.05, 3.63) is 17.7 Å². The molecule has 54 valence electrons. The van der Waals surface area contributed by atoms with E-state index in [2.05, 4.69) is 9.94 Å². The summed E-state index contributed by atoms with van der Waals surface area (Å²) in [5.41, 5.74) is 0.173. The summed E-state index contributed by atoms with van der Waals surface area (Å²) in [5.74, 6) is -0.498. The highest BCUT2D eigenvalue weighted by molar-refractivity contribution is 5.37. The minimum Gasteiger partial charge on any atom is -0.322 e. The minimum absolute atomic E-state index is 0.173. The first-order valence-corrected chi connectivity index (χ1v) is 2.56. The van der Waals surface area contributed by atoms with E-state index in [0.717, 1.165) is 11.0 Å². The van der Waals surface area contributed by atoms with Gasteiger partial charge in [-0.1, -0.05) is 4.85 Å². The van der Waals surface area contributed by atoms with E-state index in [1.54, 1.807) is 0 Å². The van der Waals surface area contributed by atoms with Gasteiger partial charge < -0.3 is 4.84 Å². The van der Waals surface area contributed by atoms with Crippen molar-refractivity contribution in [3.63, 3.8) is 0 Å². The summed E-state index contributed by atoms with van der Waals surface area (Å²) < 4.78 is 12.4. The average Bonchev–Trinajstić information content (AvgIpc) is 2.20. The Labute approximate surface area is 56.2 Å². The van der Waals surface area contributed by atoms with Crippen LogP contribution in [0.1, 0.15) is 5.69 Å². The topological polar surface area (TPSA) is 44.1 Å². The lowest BCUT2D eigenvalue weighted by atomic mass is 10.5. The van der Waals surface area contributed by atoms with Gasteiger partial charge in [0.2, 0.25) is 0 Å². The zero-order valence-corrected chi connectivity index (χ0v) is 5.24. The molecule has 0 amide bonds. The highest BCUT2D eigenvalue weighted by Crippen LogP contribution is 2.00. The van der Waals surface area contributed by atoms with Gasteiger partial charge in [0.15, 0.2) is 5.82 Å². The highest BCUT2D eigenvalue weighted by Gasteiger charge is 2.04. The van der Waals surface area contributed by atoms with Crippen molar-refractivity contribution in [2.75, 3.05) is 0 Å². The Morgan fingerprint density at radius 1 is 1.90 bits per heavy atom. The van der Waals surface area contributed by atoms with Crippen molar-refractivity contribution in [3.8, 4) is 0 Å². The van der Waals surface area contributed by atoms with Crippen LogP contribution in [0.15, 0.2) is 6.20 Å². The molecule has 1 rings (SSSR count). The van der Waals surface area contributed by atoms with E-state index in [4.69, 9.17) is 0 Å². The van der Waals surface area contributed by atoms with Gasteiger partial charge in [-0.2, -0.15) is 0 Å². The number of carbonyl (C=O) groups excluding carboxylic acids is 1. The molecule has 0 aliphatic carbocycles. The van der Waals surface area contributed by atoms with Crippen LogP contribution in [0.25, 0.3) is 0 Å². The maximum Gasteiger partial charge on any atom is 0.323 e. The summed E-state index contributed by atoms with van der Waals surface area (Å²) in [4.78, 5) is 14.8. The summed E-state index contributed by atoms with van der Waals surface area (Å²) in [7, 11) is 0. The van der Waals surface area contributed by atoms with E-state index in [0.29, 0.717) is 0 Å². The lowest BCUT2D eigenvalue weighted by molar-refractivity contribution is -0.130. The molecular weight excluding hydrogens is 139 g/mol. The van der Waals surface area contributed by atoms with Gasteiger partial charge in [-0.3, -0.25) is 4.79 Å². The summed E-state index contributed by atoms with van der Waals surface area (Å²) in [6, 6.07) is 0. The number of nitrogens with zero attached hydrogens (tertiary/aromatic N) is 2. The molecule has 0 unspecified atom stereocenters. The summed E-state index contributed by atoms with van der Waals surface area (Å²) >= 11 is 0.